The number of hydrogen-bond donors (Lipinski definition) is 2. The molecule has 0 atom stereocenters. The lowest BCUT2D eigenvalue weighted by Gasteiger charge is -2.22. The molecule has 2 rings (SSSR count). The fourth-order valence-corrected chi connectivity index (χ4v) is 2.52. The van der Waals surface area contributed by atoms with Gasteiger partial charge < -0.3 is 10.2 Å². The van der Waals surface area contributed by atoms with Gasteiger partial charge in [-0.1, -0.05) is 26.8 Å². The van der Waals surface area contributed by atoms with E-state index in [-0.39, 0.29) is 16.9 Å². The first-order chi connectivity index (χ1) is 8.39. The molecule has 98 valence electrons. The standard InChI is InChI=1S/C16H22O2/c1-16(2,3)13-10-14(17)12(9-15(13)18)11-7-5-4-6-8-11/h7,9-10,17-18H,4-6,8H2,1-3H3. The maximum Gasteiger partial charge on any atom is 0.123 e. The molecule has 1 aromatic carbocycles. The molecule has 0 aromatic heterocycles. The summed E-state index contributed by atoms with van der Waals surface area (Å²) in [5.41, 5.74) is 2.58. The van der Waals surface area contributed by atoms with Crippen molar-refractivity contribution in [2.24, 2.45) is 0 Å². The molecular formula is C16H22O2. The van der Waals surface area contributed by atoms with E-state index in [0.717, 1.165) is 36.0 Å². The zero-order valence-electron chi connectivity index (χ0n) is 11.5. The van der Waals surface area contributed by atoms with Crippen molar-refractivity contribution in [3.8, 4) is 11.5 Å². The molecular weight excluding hydrogens is 224 g/mol. The highest BCUT2D eigenvalue weighted by Crippen LogP contribution is 2.40. The first-order valence-electron chi connectivity index (χ1n) is 6.65. The van der Waals surface area contributed by atoms with Crippen LogP contribution in [0.1, 0.15) is 57.6 Å². The summed E-state index contributed by atoms with van der Waals surface area (Å²) in [6.45, 7) is 6.09. The maximum atomic E-state index is 10.2. The number of phenols is 2. The van der Waals surface area contributed by atoms with E-state index >= 15 is 0 Å². The van der Waals surface area contributed by atoms with E-state index in [1.807, 2.05) is 20.8 Å². The minimum absolute atomic E-state index is 0.166. The number of rotatable bonds is 1. The highest BCUT2D eigenvalue weighted by atomic mass is 16.3. The Morgan fingerprint density at radius 2 is 1.72 bits per heavy atom. The van der Waals surface area contributed by atoms with Crippen molar-refractivity contribution < 1.29 is 10.2 Å². The zero-order chi connectivity index (χ0) is 13.3. The first kappa shape index (κ1) is 13.0. The van der Waals surface area contributed by atoms with Gasteiger partial charge in [0.05, 0.1) is 0 Å². The van der Waals surface area contributed by atoms with Gasteiger partial charge in [0.1, 0.15) is 11.5 Å². The highest BCUT2D eigenvalue weighted by molar-refractivity contribution is 5.73. The molecule has 0 fully saturated rings. The van der Waals surface area contributed by atoms with Crippen molar-refractivity contribution in [3.63, 3.8) is 0 Å². The lowest BCUT2D eigenvalue weighted by molar-refractivity contribution is 0.434. The summed E-state index contributed by atoms with van der Waals surface area (Å²) in [6, 6.07) is 3.42. The van der Waals surface area contributed by atoms with Crippen molar-refractivity contribution >= 4 is 5.57 Å². The molecule has 18 heavy (non-hydrogen) atoms. The fraction of sp³-hybridized carbons (Fsp3) is 0.500. The van der Waals surface area contributed by atoms with Crippen LogP contribution >= 0.6 is 0 Å². The molecule has 2 nitrogen and oxygen atoms in total. The van der Waals surface area contributed by atoms with Crippen molar-refractivity contribution in [2.45, 2.75) is 51.9 Å². The van der Waals surface area contributed by atoms with E-state index < -0.39 is 0 Å². The van der Waals surface area contributed by atoms with Gasteiger partial charge in [-0.15, -0.1) is 0 Å². The van der Waals surface area contributed by atoms with Crippen LogP contribution in [0.15, 0.2) is 18.2 Å². The predicted octanol–water partition coefficient (Wildman–Crippen LogP) is 4.35. The van der Waals surface area contributed by atoms with Crippen LogP contribution in [0.4, 0.5) is 0 Å². The van der Waals surface area contributed by atoms with Gasteiger partial charge in [0, 0.05) is 11.1 Å². The van der Waals surface area contributed by atoms with Crippen LogP contribution in [-0.2, 0) is 5.41 Å². The Labute approximate surface area is 109 Å². The van der Waals surface area contributed by atoms with Crippen LogP contribution in [0.5, 0.6) is 11.5 Å². The molecule has 2 N–H and O–H groups in total. The minimum Gasteiger partial charge on any atom is -0.508 e. The lowest BCUT2D eigenvalue weighted by atomic mass is 9.84. The molecule has 0 saturated carbocycles. The van der Waals surface area contributed by atoms with Gasteiger partial charge in [-0.3, -0.25) is 0 Å². The highest BCUT2D eigenvalue weighted by Gasteiger charge is 2.21. The van der Waals surface area contributed by atoms with Gasteiger partial charge in [0.2, 0.25) is 0 Å². The van der Waals surface area contributed by atoms with Crippen LogP contribution in [0, 0.1) is 0 Å². The molecule has 0 radical (unpaired) electrons. The second kappa shape index (κ2) is 4.68. The van der Waals surface area contributed by atoms with Gasteiger partial charge in [-0.2, -0.15) is 0 Å². The van der Waals surface area contributed by atoms with E-state index in [4.69, 9.17) is 0 Å². The molecule has 0 aliphatic heterocycles. The molecule has 0 saturated heterocycles. The maximum absolute atomic E-state index is 10.2. The summed E-state index contributed by atoms with van der Waals surface area (Å²) in [4.78, 5) is 0. The third-order valence-electron chi connectivity index (χ3n) is 3.56. The first-order valence-corrected chi connectivity index (χ1v) is 6.65. The van der Waals surface area contributed by atoms with E-state index in [1.165, 1.54) is 6.42 Å². The van der Waals surface area contributed by atoms with Gasteiger partial charge in [-0.25, -0.2) is 0 Å². The Morgan fingerprint density at radius 3 is 2.28 bits per heavy atom. The Morgan fingerprint density at radius 1 is 1.00 bits per heavy atom. The SMILES string of the molecule is CC(C)(C)c1cc(O)c(C2=CCCCC2)cc1O. The summed E-state index contributed by atoms with van der Waals surface area (Å²) < 4.78 is 0. The molecule has 0 unspecified atom stereocenters. The largest absolute Gasteiger partial charge is 0.508 e. The average molecular weight is 246 g/mol. The Balaban J connectivity index is 2.46. The predicted molar refractivity (Wildman–Crippen MR) is 74.9 cm³/mol. The fourth-order valence-electron chi connectivity index (χ4n) is 2.52. The third-order valence-corrected chi connectivity index (χ3v) is 3.56. The Hall–Kier alpha value is -1.44. The molecule has 0 bridgehead atoms. The second-order valence-corrected chi connectivity index (χ2v) is 6.11. The monoisotopic (exact) mass is 246 g/mol. The zero-order valence-corrected chi connectivity index (χ0v) is 11.5. The molecule has 1 aromatic rings. The smallest absolute Gasteiger partial charge is 0.123 e. The number of hydrogen-bond acceptors (Lipinski definition) is 2. The minimum atomic E-state index is -0.166. The molecule has 1 aliphatic rings. The van der Waals surface area contributed by atoms with Crippen LogP contribution in [0.3, 0.4) is 0 Å². The third kappa shape index (κ3) is 2.53. The van der Waals surface area contributed by atoms with Crippen molar-refractivity contribution in [1.82, 2.24) is 0 Å². The van der Waals surface area contributed by atoms with Gasteiger partial charge in [0.15, 0.2) is 0 Å². The molecule has 2 heteroatoms. The number of aromatic hydroxyl groups is 2. The summed E-state index contributed by atoms with van der Waals surface area (Å²) >= 11 is 0. The molecule has 0 heterocycles. The lowest BCUT2D eigenvalue weighted by Crippen LogP contribution is -2.11. The van der Waals surface area contributed by atoms with Crippen molar-refractivity contribution in [2.75, 3.05) is 0 Å². The summed E-state index contributed by atoms with van der Waals surface area (Å²) in [5, 5.41) is 20.3. The van der Waals surface area contributed by atoms with E-state index in [9.17, 15) is 10.2 Å². The van der Waals surface area contributed by atoms with Crippen LogP contribution in [0.25, 0.3) is 5.57 Å². The van der Waals surface area contributed by atoms with E-state index in [1.54, 1.807) is 12.1 Å². The Bertz CT molecular complexity index is 479. The van der Waals surface area contributed by atoms with Gasteiger partial charge in [0.25, 0.3) is 0 Å². The topological polar surface area (TPSA) is 40.5 Å². The summed E-state index contributed by atoms with van der Waals surface area (Å²) in [7, 11) is 0. The van der Waals surface area contributed by atoms with Gasteiger partial charge >= 0.3 is 0 Å². The molecule has 0 amide bonds. The average Bonchev–Trinajstić information content (AvgIpc) is 2.31. The van der Waals surface area contributed by atoms with Gasteiger partial charge in [-0.05, 0) is 48.8 Å². The summed E-state index contributed by atoms with van der Waals surface area (Å²) in [6.07, 6.45) is 6.61. The molecule has 0 spiro atoms. The van der Waals surface area contributed by atoms with E-state index in [2.05, 4.69) is 6.08 Å². The van der Waals surface area contributed by atoms with Crippen molar-refractivity contribution in [3.05, 3.63) is 29.3 Å². The number of phenolic OH excluding ortho intramolecular Hbond substituents is 2. The second-order valence-electron chi connectivity index (χ2n) is 6.11. The quantitative estimate of drug-likeness (QED) is 0.723. The van der Waals surface area contributed by atoms with Crippen LogP contribution in [-0.4, -0.2) is 10.2 Å². The van der Waals surface area contributed by atoms with Crippen LogP contribution < -0.4 is 0 Å². The normalized spacial score (nSPS) is 16.5. The van der Waals surface area contributed by atoms with Crippen molar-refractivity contribution in [1.29, 1.82) is 0 Å². The molecule has 1 aliphatic carbocycles. The number of benzene rings is 1. The van der Waals surface area contributed by atoms with E-state index in [0.29, 0.717) is 0 Å². The number of allylic oxidation sites excluding steroid dienone is 2. The van der Waals surface area contributed by atoms with Crippen LogP contribution in [0.2, 0.25) is 0 Å². The Kier molecular flexibility index (Phi) is 3.38. The summed E-state index contributed by atoms with van der Waals surface area (Å²) in [5.74, 6) is 0.563.